The molecule has 0 bridgehead atoms. The van der Waals surface area contributed by atoms with Crippen LogP contribution in [0.2, 0.25) is 0 Å². The van der Waals surface area contributed by atoms with Crippen molar-refractivity contribution in [1.29, 1.82) is 0 Å². The lowest BCUT2D eigenvalue weighted by atomic mass is 10.1. The quantitative estimate of drug-likeness (QED) is 0.252. The normalized spacial score (nSPS) is 11.2. The summed E-state index contributed by atoms with van der Waals surface area (Å²) in [6.07, 6.45) is 0. The van der Waals surface area contributed by atoms with Crippen LogP contribution in [-0.4, -0.2) is 9.67 Å². The van der Waals surface area contributed by atoms with Gasteiger partial charge in [-0.2, -0.15) is 0 Å². The molecule has 0 atom stereocenters. The predicted octanol–water partition coefficient (Wildman–Crippen LogP) is 6.53. The fraction of sp³-hybridized carbons (Fsp3) is 0.0323. The first-order valence-electron chi connectivity index (χ1n) is 11.9. The van der Waals surface area contributed by atoms with E-state index in [1.807, 2.05) is 72.8 Å². The maximum absolute atomic E-state index is 13.8. The molecule has 4 aromatic carbocycles. The van der Waals surface area contributed by atoms with Crippen LogP contribution in [0.1, 0.15) is 5.56 Å². The van der Waals surface area contributed by atoms with Crippen molar-refractivity contribution in [1.82, 2.24) is 4.57 Å². The lowest BCUT2D eigenvalue weighted by Crippen LogP contribution is -2.20. The SMILES string of the molecule is O=c1oc2c(c(O)c1Sc1cccc(OCc3ccccc3)c1)c(=O)n(-c1ccccc1)c1ccccc21. The Morgan fingerprint density at radius 1 is 0.816 bits per heavy atom. The molecule has 6 nitrogen and oxygen atoms in total. The van der Waals surface area contributed by atoms with E-state index in [-0.39, 0.29) is 15.9 Å². The van der Waals surface area contributed by atoms with E-state index < -0.39 is 16.9 Å². The van der Waals surface area contributed by atoms with Gasteiger partial charge in [-0.15, -0.1) is 0 Å². The molecule has 2 aromatic heterocycles. The predicted molar refractivity (Wildman–Crippen MR) is 149 cm³/mol. The molecule has 1 N–H and O–H groups in total. The number of pyridine rings is 1. The number of benzene rings is 4. The Kier molecular flexibility index (Phi) is 6.19. The zero-order valence-corrected chi connectivity index (χ0v) is 20.9. The number of hydrogen-bond acceptors (Lipinski definition) is 6. The summed E-state index contributed by atoms with van der Waals surface area (Å²) in [7, 11) is 0. The van der Waals surface area contributed by atoms with E-state index >= 15 is 0 Å². The van der Waals surface area contributed by atoms with Crippen LogP contribution in [0.4, 0.5) is 0 Å². The van der Waals surface area contributed by atoms with Gasteiger partial charge in [0.05, 0.1) is 5.52 Å². The number of rotatable bonds is 6. The Bertz CT molecular complexity index is 1900. The summed E-state index contributed by atoms with van der Waals surface area (Å²) in [4.78, 5) is 27.4. The lowest BCUT2D eigenvalue weighted by Gasteiger charge is -2.14. The third-order valence-electron chi connectivity index (χ3n) is 6.15. The number of nitrogens with zero attached hydrogens (tertiary/aromatic N) is 1. The molecule has 186 valence electrons. The highest BCUT2D eigenvalue weighted by Gasteiger charge is 2.22. The van der Waals surface area contributed by atoms with Gasteiger partial charge in [0.1, 0.15) is 22.6 Å². The molecule has 0 saturated heterocycles. The van der Waals surface area contributed by atoms with Crippen LogP contribution in [0.3, 0.4) is 0 Å². The molecule has 7 heteroatoms. The van der Waals surface area contributed by atoms with Crippen molar-refractivity contribution in [2.24, 2.45) is 0 Å². The highest BCUT2D eigenvalue weighted by atomic mass is 32.2. The fourth-order valence-corrected chi connectivity index (χ4v) is 5.27. The van der Waals surface area contributed by atoms with Crippen LogP contribution in [-0.2, 0) is 6.61 Å². The molecule has 0 spiro atoms. The van der Waals surface area contributed by atoms with Gasteiger partial charge in [-0.1, -0.05) is 78.5 Å². The second-order valence-corrected chi connectivity index (χ2v) is 9.70. The summed E-state index contributed by atoms with van der Waals surface area (Å²) in [5, 5.41) is 11.8. The van der Waals surface area contributed by atoms with Crippen LogP contribution in [0.15, 0.2) is 133 Å². The van der Waals surface area contributed by atoms with E-state index in [0.717, 1.165) is 17.3 Å². The molecule has 38 heavy (non-hydrogen) atoms. The zero-order chi connectivity index (χ0) is 26.1. The standard InChI is InChI=1S/C31H21NO5S/c33-27-26-28(24-16-7-8-17-25(24)32(30(26)34)21-12-5-2-6-13-21)37-31(35)29(27)38-23-15-9-14-22(18-23)36-19-20-10-3-1-4-11-20/h1-18,33H,19H2. The molecule has 2 heterocycles. The monoisotopic (exact) mass is 519 g/mol. The molecule has 0 fully saturated rings. The number of para-hydroxylation sites is 2. The van der Waals surface area contributed by atoms with Gasteiger partial charge in [-0.3, -0.25) is 9.36 Å². The summed E-state index contributed by atoms with van der Waals surface area (Å²) in [5.74, 6) is 0.207. The summed E-state index contributed by atoms with van der Waals surface area (Å²) < 4.78 is 13.1. The van der Waals surface area contributed by atoms with Crippen molar-refractivity contribution in [2.75, 3.05) is 0 Å². The van der Waals surface area contributed by atoms with E-state index in [1.165, 1.54) is 4.57 Å². The van der Waals surface area contributed by atoms with Crippen LogP contribution < -0.4 is 15.9 Å². The second kappa shape index (κ2) is 9.95. The molecule has 0 radical (unpaired) electrons. The number of aromatic nitrogens is 1. The van der Waals surface area contributed by atoms with Gasteiger partial charge >= 0.3 is 5.63 Å². The lowest BCUT2D eigenvalue weighted by molar-refractivity contribution is 0.305. The zero-order valence-electron chi connectivity index (χ0n) is 20.0. The van der Waals surface area contributed by atoms with Crippen LogP contribution in [0.5, 0.6) is 11.5 Å². The van der Waals surface area contributed by atoms with Crippen LogP contribution >= 0.6 is 11.8 Å². The van der Waals surface area contributed by atoms with Gasteiger partial charge in [-0.05, 0) is 48.0 Å². The van der Waals surface area contributed by atoms with E-state index in [2.05, 4.69) is 0 Å². The Balaban J connectivity index is 1.45. The number of fused-ring (bicyclic) bond motifs is 3. The average molecular weight is 520 g/mol. The molecule has 6 rings (SSSR count). The summed E-state index contributed by atoms with van der Waals surface area (Å²) >= 11 is 1.02. The Morgan fingerprint density at radius 2 is 1.53 bits per heavy atom. The smallest absolute Gasteiger partial charge is 0.354 e. The molecule has 0 saturated carbocycles. The summed E-state index contributed by atoms with van der Waals surface area (Å²) in [6, 6.07) is 33.3. The van der Waals surface area contributed by atoms with E-state index in [4.69, 9.17) is 9.15 Å². The van der Waals surface area contributed by atoms with Crippen LogP contribution in [0.25, 0.3) is 27.6 Å². The molecule has 0 unspecified atom stereocenters. The topological polar surface area (TPSA) is 81.7 Å². The van der Waals surface area contributed by atoms with Crippen molar-refractivity contribution in [3.63, 3.8) is 0 Å². The largest absolute Gasteiger partial charge is 0.505 e. The minimum Gasteiger partial charge on any atom is -0.505 e. The van der Waals surface area contributed by atoms with Gasteiger partial charge < -0.3 is 14.3 Å². The van der Waals surface area contributed by atoms with Crippen LogP contribution in [0, 0.1) is 0 Å². The highest BCUT2D eigenvalue weighted by Crippen LogP contribution is 2.38. The highest BCUT2D eigenvalue weighted by molar-refractivity contribution is 7.99. The van der Waals surface area contributed by atoms with Gasteiger partial charge in [0.25, 0.3) is 5.56 Å². The molecule has 0 aliphatic heterocycles. The van der Waals surface area contributed by atoms with E-state index in [9.17, 15) is 14.7 Å². The summed E-state index contributed by atoms with van der Waals surface area (Å²) in [6.45, 7) is 0.393. The van der Waals surface area contributed by atoms with Gasteiger partial charge in [0, 0.05) is 16.0 Å². The molecular formula is C31H21NO5S. The Morgan fingerprint density at radius 3 is 2.32 bits per heavy atom. The Hall–Kier alpha value is -4.75. The molecule has 0 aliphatic rings. The number of hydrogen-bond donors (Lipinski definition) is 1. The number of ether oxygens (including phenoxy) is 1. The van der Waals surface area contributed by atoms with E-state index in [0.29, 0.717) is 33.8 Å². The van der Waals surface area contributed by atoms with Crippen molar-refractivity contribution >= 4 is 33.6 Å². The maximum Gasteiger partial charge on any atom is 0.354 e. The van der Waals surface area contributed by atoms with Crippen molar-refractivity contribution in [3.8, 4) is 17.2 Å². The minimum absolute atomic E-state index is 0.0499. The van der Waals surface area contributed by atoms with Gasteiger partial charge in [0.2, 0.25) is 0 Å². The first-order chi connectivity index (χ1) is 18.6. The third kappa shape index (κ3) is 4.33. The van der Waals surface area contributed by atoms with Crippen molar-refractivity contribution in [3.05, 3.63) is 136 Å². The Labute approximate surface area is 221 Å². The minimum atomic E-state index is -0.724. The fourth-order valence-electron chi connectivity index (χ4n) is 4.39. The second-order valence-electron chi connectivity index (χ2n) is 8.62. The van der Waals surface area contributed by atoms with Crippen molar-refractivity contribution in [2.45, 2.75) is 16.4 Å². The molecule has 6 aromatic rings. The molecule has 0 aliphatic carbocycles. The van der Waals surface area contributed by atoms with Gasteiger partial charge in [-0.25, -0.2) is 4.79 Å². The maximum atomic E-state index is 13.8. The molecular weight excluding hydrogens is 498 g/mol. The average Bonchev–Trinajstić information content (AvgIpc) is 2.95. The molecule has 0 amide bonds. The van der Waals surface area contributed by atoms with E-state index in [1.54, 1.807) is 36.4 Å². The van der Waals surface area contributed by atoms with Crippen molar-refractivity contribution < 1.29 is 14.3 Å². The first-order valence-corrected chi connectivity index (χ1v) is 12.8. The first kappa shape index (κ1) is 23.6. The van der Waals surface area contributed by atoms with Gasteiger partial charge in [0.15, 0.2) is 11.3 Å². The number of aromatic hydroxyl groups is 1. The third-order valence-corrected chi connectivity index (χ3v) is 7.21. The summed E-state index contributed by atoms with van der Waals surface area (Å²) in [5.41, 5.74) is 1.09.